The van der Waals surface area contributed by atoms with Crippen LogP contribution in [0.5, 0.6) is 0 Å². The van der Waals surface area contributed by atoms with Gasteiger partial charge in [-0.2, -0.15) is 0 Å². The van der Waals surface area contributed by atoms with Gasteiger partial charge in [-0.3, -0.25) is 25.2 Å². The maximum Gasteiger partial charge on any atom is 0.429 e. The summed E-state index contributed by atoms with van der Waals surface area (Å²) >= 11 is 0. The molecule has 0 bridgehead atoms. The summed E-state index contributed by atoms with van der Waals surface area (Å²) < 4.78 is 16.3. The van der Waals surface area contributed by atoms with Gasteiger partial charge in [-0.25, -0.2) is 19.4 Å². The van der Waals surface area contributed by atoms with Gasteiger partial charge in [0.15, 0.2) is 0 Å². The molecule has 0 saturated heterocycles. The highest BCUT2D eigenvalue weighted by Gasteiger charge is 2.34. The van der Waals surface area contributed by atoms with Crippen molar-refractivity contribution in [2.24, 2.45) is 5.92 Å². The highest BCUT2D eigenvalue weighted by atomic mass is 16.6. The van der Waals surface area contributed by atoms with Crippen molar-refractivity contribution >= 4 is 35.8 Å². The Kier molecular flexibility index (Phi) is 13.2. The van der Waals surface area contributed by atoms with Crippen LogP contribution in [0.25, 0.3) is 0 Å². The van der Waals surface area contributed by atoms with E-state index in [1.54, 1.807) is 65.8 Å². The van der Waals surface area contributed by atoms with Crippen LogP contribution in [-0.4, -0.2) is 76.4 Å². The van der Waals surface area contributed by atoms with Crippen LogP contribution < -0.4 is 16.1 Å². The summed E-state index contributed by atoms with van der Waals surface area (Å²) in [7, 11) is 0. The predicted molar refractivity (Wildman–Crippen MR) is 184 cm³/mol. The third-order valence-electron chi connectivity index (χ3n) is 6.85. The van der Waals surface area contributed by atoms with E-state index in [2.05, 4.69) is 16.1 Å². The summed E-state index contributed by atoms with van der Waals surface area (Å²) in [5.74, 6) is -1.17. The number of hydrogen-bond donors (Lipinski definition) is 3. The van der Waals surface area contributed by atoms with Gasteiger partial charge in [0.05, 0.1) is 12.6 Å². The van der Waals surface area contributed by atoms with E-state index in [0.29, 0.717) is 5.69 Å². The summed E-state index contributed by atoms with van der Waals surface area (Å²) in [6.07, 6.45) is 1.75. The van der Waals surface area contributed by atoms with Crippen molar-refractivity contribution in [3.05, 3.63) is 77.9 Å². The third-order valence-corrected chi connectivity index (χ3v) is 6.85. The van der Waals surface area contributed by atoms with Crippen LogP contribution in [0.4, 0.5) is 20.1 Å². The Morgan fingerprint density at radius 3 is 2.12 bits per heavy atom. The number of benzene rings is 2. The van der Waals surface area contributed by atoms with Crippen LogP contribution in [0.1, 0.15) is 77.7 Å². The average molecular weight is 680 g/mol. The molecule has 0 spiro atoms. The molecule has 0 fully saturated rings. The fourth-order valence-corrected chi connectivity index (χ4v) is 4.69. The molecule has 13 heteroatoms. The second-order valence-electron chi connectivity index (χ2n) is 14.1. The van der Waals surface area contributed by atoms with Crippen LogP contribution in [0.3, 0.4) is 0 Å². The molecule has 0 unspecified atom stereocenters. The first-order valence-electron chi connectivity index (χ1n) is 16.3. The van der Waals surface area contributed by atoms with Gasteiger partial charge in [0, 0.05) is 17.8 Å². The first-order chi connectivity index (χ1) is 22.9. The zero-order chi connectivity index (χ0) is 36.4. The lowest BCUT2D eigenvalue weighted by molar-refractivity contribution is -0.128. The fourth-order valence-electron chi connectivity index (χ4n) is 4.69. The topological polar surface area (TPSA) is 156 Å². The lowest BCUT2D eigenvalue weighted by Crippen LogP contribution is -2.58. The summed E-state index contributed by atoms with van der Waals surface area (Å²) in [6.45, 7) is 14.4. The molecule has 5 amide bonds. The molecule has 49 heavy (non-hydrogen) atoms. The Bertz CT molecular complexity index is 1480. The molecule has 2 atom stereocenters. The van der Waals surface area contributed by atoms with E-state index < -0.39 is 53.4 Å². The molecule has 0 aromatic heterocycles. The summed E-state index contributed by atoms with van der Waals surface area (Å²) in [6, 6.07) is 13.7. The number of carbonyl (C=O) groups excluding carboxylic acids is 5. The number of nitrogens with zero attached hydrogens (tertiary/aromatic N) is 2. The molecule has 1 heterocycles. The monoisotopic (exact) mass is 679 g/mol. The van der Waals surface area contributed by atoms with Crippen LogP contribution in [-0.2, 0) is 25.6 Å². The van der Waals surface area contributed by atoms with E-state index in [0.717, 1.165) is 10.6 Å². The Hall–Kier alpha value is -5.07. The molecular formula is C36H49N5O8. The molecule has 13 nitrogen and oxygen atoms in total. The molecule has 2 aromatic rings. The molecule has 1 aliphatic heterocycles. The number of rotatable bonds is 10. The van der Waals surface area contributed by atoms with Gasteiger partial charge in [-0.1, -0.05) is 56.3 Å². The maximum atomic E-state index is 13.7. The van der Waals surface area contributed by atoms with Gasteiger partial charge in [-0.15, -0.1) is 0 Å². The van der Waals surface area contributed by atoms with Crippen LogP contribution in [0, 0.1) is 5.92 Å². The lowest BCUT2D eigenvalue weighted by Gasteiger charge is -2.33. The zero-order valence-corrected chi connectivity index (χ0v) is 29.6. The van der Waals surface area contributed by atoms with Crippen molar-refractivity contribution in [1.82, 2.24) is 20.7 Å². The van der Waals surface area contributed by atoms with Gasteiger partial charge in [0.25, 0.3) is 11.8 Å². The third kappa shape index (κ3) is 13.2. The molecule has 266 valence electrons. The predicted octanol–water partition coefficient (Wildman–Crippen LogP) is 6.02. The first-order valence-corrected chi connectivity index (χ1v) is 16.3. The fraction of sp³-hybridized carbons (Fsp3) is 0.472. The smallest absolute Gasteiger partial charge is 0.429 e. The van der Waals surface area contributed by atoms with Crippen molar-refractivity contribution < 1.29 is 38.2 Å². The highest BCUT2D eigenvalue weighted by Crippen LogP contribution is 2.18. The van der Waals surface area contributed by atoms with E-state index in [-0.39, 0.29) is 37.6 Å². The minimum absolute atomic E-state index is 0.000858. The number of hydrazine groups is 1. The van der Waals surface area contributed by atoms with E-state index in [1.807, 2.05) is 44.2 Å². The van der Waals surface area contributed by atoms with Gasteiger partial charge in [-0.05, 0) is 83.7 Å². The van der Waals surface area contributed by atoms with Crippen molar-refractivity contribution in [3.8, 4) is 0 Å². The second-order valence-corrected chi connectivity index (χ2v) is 14.1. The van der Waals surface area contributed by atoms with E-state index in [1.165, 1.54) is 17.0 Å². The number of anilines is 1. The van der Waals surface area contributed by atoms with Crippen molar-refractivity contribution in [3.63, 3.8) is 0 Å². The van der Waals surface area contributed by atoms with Crippen LogP contribution in [0.15, 0.2) is 66.7 Å². The molecule has 2 aromatic carbocycles. The molecule has 3 rings (SSSR count). The van der Waals surface area contributed by atoms with Crippen LogP contribution >= 0.6 is 0 Å². The summed E-state index contributed by atoms with van der Waals surface area (Å²) in [5.41, 5.74) is 2.58. The second kappa shape index (κ2) is 16.8. The van der Waals surface area contributed by atoms with E-state index in [9.17, 15) is 24.0 Å². The quantitative estimate of drug-likeness (QED) is 0.156. The van der Waals surface area contributed by atoms with Gasteiger partial charge in [0.2, 0.25) is 0 Å². The Labute approximate surface area is 288 Å². The number of ether oxygens (including phenoxy) is 3. The standard InChI is InChI=1S/C36H49N5O8/c1-24(2)21-29(38-30(42)26-16-18-27(19-17-26)37-32(44)48-35(3,4)5)31(43)39-41(34(46)49-36(6,7)8)22-28-15-12-20-40(28)33(45)47-23-25-13-10-9-11-14-25/h9-19,24,28-29H,20-23H2,1-8H3,(H,37,44)(H,38,42)(H,39,43)/t28-,29-/m0/s1. The number of hydrogen-bond acceptors (Lipinski definition) is 8. The zero-order valence-electron chi connectivity index (χ0n) is 29.6. The van der Waals surface area contributed by atoms with E-state index in [4.69, 9.17) is 14.2 Å². The van der Waals surface area contributed by atoms with Crippen molar-refractivity contribution in [1.29, 1.82) is 0 Å². The summed E-state index contributed by atoms with van der Waals surface area (Å²) in [4.78, 5) is 66.9. The lowest BCUT2D eigenvalue weighted by atomic mass is 10.0. The Morgan fingerprint density at radius 2 is 1.53 bits per heavy atom. The molecule has 0 radical (unpaired) electrons. The molecule has 0 aliphatic carbocycles. The van der Waals surface area contributed by atoms with Crippen molar-refractivity contribution in [2.45, 2.75) is 91.7 Å². The maximum absolute atomic E-state index is 13.7. The summed E-state index contributed by atoms with van der Waals surface area (Å²) in [5, 5.41) is 6.39. The Morgan fingerprint density at radius 1 is 0.898 bits per heavy atom. The van der Waals surface area contributed by atoms with Gasteiger partial charge < -0.3 is 19.5 Å². The minimum Gasteiger partial charge on any atom is -0.445 e. The van der Waals surface area contributed by atoms with E-state index >= 15 is 0 Å². The minimum atomic E-state index is -1.02. The van der Waals surface area contributed by atoms with Crippen LogP contribution in [0.2, 0.25) is 0 Å². The molecular weight excluding hydrogens is 630 g/mol. The number of carbonyl (C=O) groups is 5. The van der Waals surface area contributed by atoms with Crippen molar-refractivity contribution in [2.75, 3.05) is 18.4 Å². The SMILES string of the molecule is CC(C)C[C@H](NC(=O)c1ccc(NC(=O)OC(C)(C)C)cc1)C(=O)NN(C[C@@H]1C=CCN1C(=O)OCc1ccccc1)C(=O)OC(C)(C)C. The number of nitrogens with one attached hydrogen (secondary N) is 3. The highest BCUT2D eigenvalue weighted by molar-refractivity contribution is 5.98. The largest absolute Gasteiger partial charge is 0.445 e. The molecule has 3 N–H and O–H groups in total. The van der Waals surface area contributed by atoms with Gasteiger partial charge >= 0.3 is 18.3 Å². The number of amides is 5. The Balaban J connectivity index is 1.72. The molecule has 0 saturated carbocycles. The normalized spacial score (nSPS) is 14.9. The van der Waals surface area contributed by atoms with Gasteiger partial charge in [0.1, 0.15) is 23.9 Å². The molecule has 1 aliphatic rings. The average Bonchev–Trinajstić information content (AvgIpc) is 3.46. The first kappa shape index (κ1) is 38.4.